The Morgan fingerprint density at radius 1 is 1.00 bits per heavy atom. The molecule has 0 saturated carbocycles. The van der Waals surface area contributed by atoms with Gasteiger partial charge in [0.2, 0.25) is 17.7 Å². The van der Waals surface area contributed by atoms with Crippen LogP contribution < -0.4 is 16.4 Å². The van der Waals surface area contributed by atoms with Gasteiger partial charge in [0.1, 0.15) is 17.7 Å². The van der Waals surface area contributed by atoms with Gasteiger partial charge in [-0.05, 0) is 59.1 Å². The lowest BCUT2D eigenvalue weighted by atomic mass is 9.96. The van der Waals surface area contributed by atoms with Gasteiger partial charge in [-0.3, -0.25) is 14.4 Å². The van der Waals surface area contributed by atoms with Gasteiger partial charge >= 0.3 is 6.09 Å². The van der Waals surface area contributed by atoms with Crippen LogP contribution >= 0.6 is 0 Å². The summed E-state index contributed by atoms with van der Waals surface area (Å²) < 4.78 is 5.33. The highest BCUT2D eigenvalue weighted by atomic mass is 16.6. The molecule has 2 rings (SSSR count). The lowest BCUT2D eigenvalue weighted by Crippen LogP contribution is -2.56. The van der Waals surface area contributed by atoms with Gasteiger partial charge in [0, 0.05) is 12.6 Å². The van der Waals surface area contributed by atoms with Crippen molar-refractivity contribution in [1.29, 1.82) is 0 Å². The van der Waals surface area contributed by atoms with E-state index < -0.39 is 48.1 Å². The van der Waals surface area contributed by atoms with Crippen LogP contribution in [0, 0.1) is 13.8 Å². The number of ether oxygens (including phenoxy) is 1. The number of carbonyl (C=O) groups excluding carboxylic acids is 4. The minimum Gasteiger partial charge on any atom is -0.444 e. The molecule has 9 heteroatoms. The quantitative estimate of drug-likeness (QED) is 0.397. The molecule has 0 aliphatic rings. The number of nitrogens with one attached hydrogen (secondary N) is 2. The summed E-state index contributed by atoms with van der Waals surface area (Å²) in [6.07, 6.45) is -0.784. The number of rotatable bonds is 11. The Balaban J connectivity index is 2.55. The second-order valence-electron chi connectivity index (χ2n) is 10.9. The maximum Gasteiger partial charge on any atom is 0.408 e. The van der Waals surface area contributed by atoms with Crippen molar-refractivity contribution >= 4 is 23.8 Å². The average Bonchev–Trinajstić information content (AvgIpc) is 2.83. The lowest BCUT2D eigenvalue weighted by Gasteiger charge is -2.38. The smallest absolute Gasteiger partial charge is 0.408 e. The topological polar surface area (TPSA) is 131 Å². The highest BCUT2D eigenvalue weighted by Gasteiger charge is 2.39. The number of nitrogens with zero attached hydrogens (tertiary/aromatic N) is 1. The highest BCUT2D eigenvalue weighted by molar-refractivity contribution is 5.94. The molecular weight excluding hydrogens is 496 g/mol. The van der Waals surface area contributed by atoms with Crippen LogP contribution in [0.25, 0.3) is 0 Å². The molecule has 9 nitrogen and oxygen atoms in total. The Bertz CT molecular complexity index is 1140. The average molecular weight is 539 g/mol. The van der Waals surface area contributed by atoms with E-state index in [4.69, 9.17) is 10.5 Å². The van der Waals surface area contributed by atoms with Gasteiger partial charge in [0.05, 0.1) is 6.42 Å². The number of hydrogen-bond donors (Lipinski definition) is 3. The van der Waals surface area contributed by atoms with E-state index in [1.165, 1.54) is 4.90 Å². The Labute approximate surface area is 231 Å². The number of amides is 4. The van der Waals surface area contributed by atoms with Crippen molar-refractivity contribution in [2.75, 3.05) is 0 Å². The number of carbonyl (C=O) groups is 4. The van der Waals surface area contributed by atoms with Crippen LogP contribution in [0.3, 0.4) is 0 Å². The van der Waals surface area contributed by atoms with E-state index in [2.05, 4.69) is 10.6 Å². The van der Waals surface area contributed by atoms with Crippen LogP contribution in [0.1, 0.15) is 75.8 Å². The van der Waals surface area contributed by atoms with Crippen molar-refractivity contribution in [3.63, 3.8) is 0 Å². The van der Waals surface area contributed by atoms with Crippen molar-refractivity contribution in [1.82, 2.24) is 15.5 Å². The summed E-state index contributed by atoms with van der Waals surface area (Å²) in [7, 11) is 0. The molecule has 4 amide bonds. The zero-order valence-corrected chi connectivity index (χ0v) is 24.0. The summed E-state index contributed by atoms with van der Waals surface area (Å²) in [5, 5.41) is 5.47. The van der Waals surface area contributed by atoms with E-state index in [1.807, 2.05) is 76.2 Å². The van der Waals surface area contributed by atoms with Crippen LogP contribution in [0.15, 0.2) is 48.5 Å². The van der Waals surface area contributed by atoms with Gasteiger partial charge in [-0.2, -0.15) is 0 Å². The summed E-state index contributed by atoms with van der Waals surface area (Å²) in [5.41, 5.74) is 8.04. The number of primary amides is 1. The lowest BCUT2D eigenvalue weighted by molar-refractivity contribution is -0.146. The van der Waals surface area contributed by atoms with Gasteiger partial charge in [-0.25, -0.2) is 4.79 Å². The molecule has 0 bridgehead atoms. The van der Waals surface area contributed by atoms with Crippen LogP contribution in [0.2, 0.25) is 0 Å². The Morgan fingerprint density at radius 3 is 2.10 bits per heavy atom. The number of nitrogens with two attached hydrogens (primary N) is 1. The predicted octanol–water partition coefficient (Wildman–Crippen LogP) is 4.06. The monoisotopic (exact) mass is 538 g/mol. The minimum atomic E-state index is -1.32. The van der Waals surface area contributed by atoms with E-state index in [-0.39, 0.29) is 12.5 Å². The van der Waals surface area contributed by atoms with Crippen LogP contribution in [0.5, 0.6) is 0 Å². The zero-order valence-electron chi connectivity index (χ0n) is 24.0. The number of aryl methyl sites for hydroxylation is 2. The first-order valence-corrected chi connectivity index (χ1v) is 13.2. The van der Waals surface area contributed by atoms with Crippen LogP contribution in [-0.4, -0.2) is 46.4 Å². The number of alkyl carbamates (subject to hydrolysis) is 1. The van der Waals surface area contributed by atoms with Crippen LogP contribution in [0.4, 0.5) is 4.79 Å². The van der Waals surface area contributed by atoms with Crippen molar-refractivity contribution < 1.29 is 23.9 Å². The molecule has 2 aromatic carbocycles. The molecule has 0 radical (unpaired) electrons. The maximum atomic E-state index is 14.1. The zero-order chi connectivity index (χ0) is 29.3. The first-order chi connectivity index (χ1) is 18.2. The summed E-state index contributed by atoms with van der Waals surface area (Å²) in [6, 6.07) is 12.4. The maximum absolute atomic E-state index is 14.1. The second kappa shape index (κ2) is 13.8. The predicted molar refractivity (Wildman–Crippen MR) is 151 cm³/mol. The fraction of sp³-hybridized carbons (Fsp3) is 0.467. The van der Waals surface area contributed by atoms with E-state index in [1.54, 1.807) is 20.8 Å². The summed E-state index contributed by atoms with van der Waals surface area (Å²) >= 11 is 0. The van der Waals surface area contributed by atoms with Crippen molar-refractivity contribution in [3.8, 4) is 0 Å². The Kier molecular flexibility index (Phi) is 11.1. The largest absolute Gasteiger partial charge is 0.444 e. The highest BCUT2D eigenvalue weighted by Crippen LogP contribution is 2.28. The summed E-state index contributed by atoms with van der Waals surface area (Å²) in [4.78, 5) is 54.0. The standard InChI is InChI=1S/C30H42N4O5/c1-8-21(4)34(28(37)24(17-25(31)35)33-29(38)39-30(5,6)7)26(23-15-19(2)14-20(3)16-23)27(36)32-18-22-12-10-9-11-13-22/h9-16,21,24,26H,8,17-18H2,1-7H3,(H2,31,35)(H,32,36)(H,33,38). The van der Waals surface area contributed by atoms with Gasteiger partial charge in [0.15, 0.2) is 0 Å². The Morgan fingerprint density at radius 2 is 1.59 bits per heavy atom. The normalized spacial score (nSPS) is 13.5. The van der Waals surface area contributed by atoms with Gasteiger partial charge < -0.3 is 26.0 Å². The fourth-order valence-electron chi connectivity index (χ4n) is 4.31. The van der Waals surface area contributed by atoms with E-state index in [9.17, 15) is 19.2 Å². The molecule has 0 aromatic heterocycles. The van der Waals surface area contributed by atoms with Gasteiger partial charge in [-0.15, -0.1) is 0 Å². The second-order valence-corrected chi connectivity index (χ2v) is 10.9. The molecule has 0 aliphatic heterocycles. The first kappa shape index (κ1) is 31.3. The molecule has 39 heavy (non-hydrogen) atoms. The van der Waals surface area contributed by atoms with Gasteiger partial charge in [0.25, 0.3) is 0 Å². The first-order valence-electron chi connectivity index (χ1n) is 13.2. The van der Waals surface area contributed by atoms with Gasteiger partial charge in [-0.1, -0.05) is 66.6 Å². The van der Waals surface area contributed by atoms with E-state index in [0.29, 0.717) is 12.0 Å². The molecule has 0 spiro atoms. The molecule has 0 saturated heterocycles. The number of benzene rings is 2. The van der Waals surface area contributed by atoms with E-state index in [0.717, 1.165) is 16.7 Å². The third kappa shape index (κ3) is 9.74. The molecule has 2 aromatic rings. The van der Waals surface area contributed by atoms with Crippen molar-refractivity contribution in [2.45, 2.75) is 91.6 Å². The molecule has 0 fully saturated rings. The molecule has 0 heterocycles. The SMILES string of the molecule is CCC(C)N(C(=O)C(CC(N)=O)NC(=O)OC(C)(C)C)C(C(=O)NCc1ccccc1)c1cc(C)cc(C)c1. The molecule has 3 atom stereocenters. The molecular formula is C30H42N4O5. The molecule has 3 unspecified atom stereocenters. The number of hydrogen-bond acceptors (Lipinski definition) is 5. The molecule has 212 valence electrons. The minimum absolute atomic E-state index is 0.268. The third-order valence-electron chi connectivity index (χ3n) is 6.11. The molecule has 0 aliphatic carbocycles. The van der Waals surface area contributed by atoms with Crippen LogP contribution in [-0.2, 0) is 25.7 Å². The third-order valence-corrected chi connectivity index (χ3v) is 6.11. The van der Waals surface area contributed by atoms with Crippen molar-refractivity contribution in [3.05, 3.63) is 70.8 Å². The molecule has 4 N–H and O–H groups in total. The fourth-order valence-corrected chi connectivity index (χ4v) is 4.31. The summed E-state index contributed by atoms with van der Waals surface area (Å²) in [5.74, 6) is -1.76. The summed E-state index contributed by atoms with van der Waals surface area (Å²) in [6.45, 7) is 12.9. The van der Waals surface area contributed by atoms with Crippen molar-refractivity contribution in [2.24, 2.45) is 5.73 Å². The van der Waals surface area contributed by atoms with E-state index >= 15 is 0 Å². The Hall–Kier alpha value is -3.88.